The van der Waals surface area contributed by atoms with Gasteiger partial charge in [-0.05, 0) is 36.9 Å². The zero-order valence-corrected chi connectivity index (χ0v) is 16.4. The van der Waals surface area contributed by atoms with Crippen molar-refractivity contribution in [2.75, 3.05) is 28.4 Å². The maximum Gasteiger partial charge on any atom is 0.203 e. The van der Waals surface area contributed by atoms with Crippen LogP contribution in [-0.4, -0.2) is 44.4 Å². The lowest BCUT2D eigenvalue weighted by atomic mass is 9.97. The van der Waals surface area contributed by atoms with E-state index >= 15 is 0 Å². The molecule has 0 fully saturated rings. The van der Waals surface area contributed by atoms with E-state index < -0.39 is 6.10 Å². The Kier molecular flexibility index (Phi) is 7.21. The molecule has 0 amide bonds. The molecule has 1 heterocycles. The number of aliphatic hydroxyl groups is 1. The number of methoxy groups -OCH3 is 3. The lowest BCUT2D eigenvalue weighted by molar-refractivity contribution is 0.107. The number of rotatable bonds is 5. The van der Waals surface area contributed by atoms with Crippen molar-refractivity contribution in [3.63, 3.8) is 0 Å². The molecule has 0 bridgehead atoms. The number of benzene rings is 1. The second kappa shape index (κ2) is 8.44. The van der Waals surface area contributed by atoms with Crippen molar-refractivity contribution in [1.29, 1.82) is 0 Å². The number of ether oxygens (including phenoxy) is 3. The van der Waals surface area contributed by atoms with Gasteiger partial charge in [-0.3, -0.25) is 0 Å². The number of allylic oxidation sites excluding steroid dienone is 2. The van der Waals surface area contributed by atoms with E-state index in [-0.39, 0.29) is 30.0 Å². The Balaban J connectivity index is 0.00000264. The van der Waals surface area contributed by atoms with Crippen LogP contribution >= 0.6 is 24.0 Å². The van der Waals surface area contributed by atoms with Crippen molar-refractivity contribution in [3.05, 3.63) is 41.6 Å². The van der Waals surface area contributed by atoms with Gasteiger partial charge in [0.05, 0.1) is 27.4 Å². The maximum absolute atomic E-state index is 10.8. The standard InChI is InChI=1S/C17H23NO4.HI/c1-11-6-7-18(2)13(8-11)16(19)12-9-14(20-3)17(22-5)15(10-12)21-4;/h6-10,13,16,19H,1-5H3;1H. The summed E-state index contributed by atoms with van der Waals surface area (Å²) in [6.45, 7) is 2.01. The first-order valence-electron chi connectivity index (χ1n) is 7.08. The van der Waals surface area contributed by atoms with Crippen LogP contribution in [0, 0.1) is 0 Å². The molecule has 1 N–H and O–H groups in total. The summed E-state index contributed by atoms with van der Waals surface area (Å²) in [4.78, 5) is 1.97. The van der Waals surface area contributed by atoms with Crippen LogP contribution in [-0.2, 0) is 0 Å². The number of halogens is 1. The highest BCUT2D eigenvalue weighted by Gasteiger charge is 2.26. The average molecular weight is 433 g/mol. The fraction of sp³-hybridized carbons (Fsp3) is 0.412. The molecule has 5 nitrogen and oxygen atoms in total. The second-order valence-electron chi connectivity index (χ2n) is 5.29. The Labute approximate surface area is 154 Å². The summed E-state index contributed by atoms with van der Waals surface area (Å²) in [6.07, 6.45) is 5.30. The van der Waals surface area contributed by atoms with Gasteiger partial charge in [0, 0.05) is 7.05 Å². The molecular formula is C17H24INO4. The Morgan fingerprint density at radius 3 is 2.13 bits per heavy atom. The molecule has 1 aliphatic rings. The van der Waals surface area contributed by atoms with E-state index in [0.29, 0.717) is 22.8 Å². The minimum Gasteiger partial charge on any atom is -0.493 e. The van der Waals surface area contributed by atoms with Gasteiger partial charge in [0.15, 0.2) is 11.5 Å². The molecule has 2 unspecified atom stereocenters. The minimum atomic E-state index is -0.710. The lowest BCUT2D eigenvalue weighted by Gasteiger charge is -2.32. The van der Waals surface area contributed by atoms with Crippen LogP contribution < -0.4 is 14.2 Å². The summed E-state index contributed by atoms with van der Waals surface area (Å²) in [7, 11) is 6.62. The number of hydrogen-bond donors (Lipinski definition) is 1. The van der Waals surface area contributed by atoms with Crippen LogP contribution in [0.25, 0.3) is 0 Å². The monoisotopic (exact) mass is 433 g/mol. The smallest absolute Gasteiger partial charge is 0.203 e. The molecule has 0 saturated carbocycles. The van der Waals surface area contributed by atoms with Gasteiger partial charge in [0.2, 0.25) is 5.75 Å². The van der Waals surface area contributed by atoms with Gasteiger partial charge in [-0.1, -0.05) is 11.6 Å². The predicted molar refractivity (Wildman–Crippen MR) is 101 cm³/mol. The summed E-state index contributed by atoms with van der Waals surface area (Å²) >= 11 is 0. The van der Waals surface area contributed by atoms with Crippen LogP contribution in [0.1, 0.15) is 18.6 Å². The second-order valence-corrected chi connectivity index (χ2v) is 5.29. The minimum absolute atomic E-state index is 0. The van der Waals surface area contributed by atoms with Crippen molar-refractivity contribution in [2.24, 2.45) is 0 Å². The largest absolute Gasteiger partial charge is 0.493 e. The molecule has 0 radical (unpaired) electrons. The fourth-order valence-corrected chi connectivity index (χ4v) is 2.56. The van der Waals surface area contributed by atoms with Gasteiger partial charge in [-0.25, -0.2) is 0 Å². The molecule has 0 aromatic heterocycles. The molecule has 1 aliphatic heterocycles. The van der Waals surface area contributed by atoms with Gasteiger partial charge < -0.3 is 24.2 Å². The summed E-state index contributed by atoms with van der Waals surface area (Å²) < 4.78 is 16.0. The number of hydrogen-bond acceptors (Lipinski definition) is 5. The highest BCUT2D eigenvalue weighted by Crippen LogP contribution is 2.40. The number of aliphatic hydroxyl groups excluding tert-OH is 1. The van der Waals surface area contributed by atoms with Crippen molar-refractivity contribution >= 4 is 24.0 Å². The summed E-state index contributed by atoms with van der Waals surface area (Å²) in [5, 5.41) is 10.8. The zero-order chi connectivity index (χ0) is 16.3. The molecule has 0 spiro atoms. The third-order valence-electron chi connectivity index (χ3n) is 3.83. The SMILES string of the molecule is COc1cc(C(O)C2C=C(C)C=CN2C)cc(OC)c1OC.I. The molecule has 1 aromatic rings. The molecule has 2 rings (SSSR count). The first-order chi connectivity index (χ1) is 10.5. The van der Waals surface area contributed by atoms with E-state index in [1.54, 1.807) is 33.5 Å². The summed E-state index contributed by atoms with van der Waals surface area (Å²) in [5.74, 6) is 1.58. The first kappa shape index (κ1) is 19.6. The maximum atomic E-state index is 10.8. The highest BCUT2D eigenvalue weighted by atomic mass is 127. The molecule has 23 heavy (non-hydrogen) atoms. The Morgan fingerprint density at radius 2 is 1.65 bits per heavy atom. The third kappa shape index (κ3) is 4.11. The summed E-state index contributed by atoms with van der Waals surface area (Å²) in [6, 6.07) is 3.41. The van der Waals surface area contributed by atoms with E-state index in [1.807, 2.05) is 37.2 Å². The van der Waals surface area contributed by atoms with Gasteiger partial charge in [-0.2, -0.15) is 0 Å². The van der Waals surface area contributed by atoms with E-state index in [1.165, 1.54) is 0 Å². The van der Waals surface area contributed by atoms with Crippen LogP contribution in [0.2, 0.25) is 0 Å². The first-order valence-corrected chi connectivity index (χ1v) is 7.08. The van der Waals surface area contributed by atoms with Crippen LogP contribution in [0.4, 0.5) is 0 Å². The van der Waals surface area contributed by atoms with Crippen molar-refractivity contribution in [2.45, 2.75) is 19.1 Å². The Hall–Kier alpha value is -1.41. The van der Waals surface area contributed by atoms with Crippen LogP contribution in [0.5, 0.6) is 17.2 Å². The number of likely N-dealkylation sites (N-methyl/N-ethyl adjacent to an activating group) is 1. The van der Waals surface area contributed by atoms with Crippen molar-refractivity contribution in [3.8, 4) is 17.2 Å². The van der Waals surface area contributed by atoms with Gasteiger partial charge >= 0.3 is 0 Å². The Morgan fingerprint density at radius 1 is 1.09 bits per heavy atom. The fourth-order valence-electron chi connectivity index (χ4n) is 2.56. The van der Waals surface area contributed by atoms with Gasteiger partial charge in [-0.15, -0.1) is 24.0 Å². The highest BCUT2D eigenvalue weighted by molar-refractivity contribution is 14.0. The van der Waals surface area contributed by atoms with E-state index in [0.717, 1.165) is 5.57 Å². The predicted octanol–water partition coefficient (Wildman–Crippen LogP) is 3.14. The van der Waals surface area contributed by atoms with Gasteiger partial charge in [0.1, 0.15) is 6.10 Å². The average Bonchev–Trinajstić information content (AvgIpc) is 2.54. The van der Waals surface area contributed by atoms with Crippen molar-refractivity contribution in [1.82, 2.24) is 4.90 Å². The third-order valence-corrected chi connectivity index (χ3v) is 3.83. The Bertz CT molecular complexity index is 575. The topological polar surface area (TPSA) is 51.2 Å². The quantitative estimate of drug-likeness (QED) is 0.724. The van der Waals surface area contributed by atoms with Crippen LogP contribution in [0.15, 0.2) is 36.1 Å². The zero-order valence-electron chi connectivity index (χ0n) is 14.1. The van der Waals surface area contributed by atoms with Gasteiger partial charge in [0.25, 0.3) is 0 Å². The van der Waals surface area contributed by atoms with Crippen molar-refractivity contribution < 1.29 is 19.3 Å². The number of nitrogens with zero attached hydrogens (tertiary/aromatic N) is 1. The molecule has 0 saturated heterocycles. The van der Waals surface area contributed by atoms with E-state index in [9.17, 15) is 5.11 Å². The van der Waals surface area contributed by atoms with E-state index in [2.05, 4.69) is 0 Å². The lowest BCUT2D eigenvalue weighted by Crippen LogP contribution is -2.33. The van der Waals surface area contributed by atoms with Crippen LogP contribution in [0.3, 0.4) is 0 Å². The molecule has 1 aromatic carbocycles. The molecule has 128 valence electrons. The van der Waals surface area contributed by atoms with E-state index in [4.69, 9.17) is 14.2 Å². The molecule has 6 heteroatoms. The summed E-state index contributed by atoms with van der Waals surface area (Å²) in [5.41, 5.74) is 1.83. The molecular weight excluding hydrogens is 409 g/mol. The normalized spacial score (nSPS) is 17.9. The molecule has 0 aliphatic carbocycles. The molecule has 2 atom stereocenters.